The highest BCUT2D eigenvalue weighted by Gasteiger charge is 2.18. The summed E-state index contributed by atoms with van der Waals surface area (Å²) in [6, 6.07) is 14.8. The second kappa shape index (κ2) is 8.88. The first-order valence-corrected chi connectivity index (χ1v) is 10.5. The van der Waals surface area contributed by atoms with Gasteiger partial charge in [0.1, 0.15) is 18.6 Å². The van der Waals surface area contributed by atoms with Gasteiger partial charge >= 0.3 is 0 Å². The summed E-state index contributed by atoms with van der Waals surface area (Å²) in [5.74, 6) is 0.484. The first-order valence-electron chi connectivity index (χ1n) is 10.1. The molecule has 32 heavy (non-hydrogen) atoms. The maximum Gasteiger partial charge on any atom is 0.263 e. The lowest BCUT2D eigenvalue weighted by atomic mass is 10.2. The second-order valence-corrected chi connectivity index (χ2v) is 7.96. The Bertz CT molecular complexity index is 1340. The van der Waals surface area contributed by atoms with Crippen molar-refractivity contribution >= 4 is 28.5 Å². The molecule has 0 aliphatic carbocycles. The molecule has 0 saturated heterocycles. The van der Waals surface area contributed by atoms with Crippen molar-refractivity contribution in [3.63, 3.8) is 0 Å². The van der Waals surface area contributed by atoms with Gasteiger partial charge in [0, 0.05) is 22.9 Å². The minimum absolute atomic E-state index is 0.109. The average molecular weight is 451 g/mol. The Morgan fingerprint density at radius 3 is 2.44 bits per heavy atom. The number of methoxy groups -OCH3 is 1. The number of carbonyl (C=O) groups excluding carboxylic acids is 1. The van der Waals surface area contributed by atoms with Crippen molar-refractivity contribution in [1.82, 2.24) is 19.4 Å². The molecule has 0 radical (unpaired) electrons. The Morgan fingerprint density at radius 2 is 1.78 bits per heavy atom. The number of halogens is 1. The van der Waals surface area contributed by atoms with Crippen LogP contribution in [0.5, 0.6) is 5.75 Å². The Morgan fingerprint density at radius 1 is 1.09 bits per heavy atom. The number of nitrogens with one attached hydrogen (secondary N) is 1. The summed E-state index contributed by atoms with van der Waals surface area (Å²) in [4.78, 5) is 30.2. The Hall–Kier alpha value is -3.58. The predicted molar refractivity (Wildman–Crippen MR) is 125 cm³/mol. The van der Waals surface area contributed by atoms with E-state index >= 15 is 0 Å². The van der Waals surface area contributed by atoms with Crippen LogP contribution in [0.1, 0.15) is 16.8 Å². The van der Waals surface area contributed by atoms with Crippen molar-refractivity contribution in [2.75, 3.05) is 7.11 Å². The van der Waals surface area contributed by atoms with E-state index in [-0.39, 0.29) is 18.0 Å². The number of nitrogens with zero attached hydrogens (tertiary/aromatic N) is 3. The van der Waals surface area contributed by atoms with Crippen molar-refractivity contribution in [3.8, 4) is 11.4 Å². The fraction of sp³-hybridized carbons (Fsp3) is 0.208. The highest BCUT2D eigenvalue weighted by molar-refractivity contribution is 6.30. The third kappa shape index (κ3) is 4.11. The molecule has 4 aromatic rings. The van der Waals surface area contributed by atoms with E-state index in [2.05, 4.69) is 10.3 Å². The zero-order valence-corrected chi connectivity index (χ0v) is 18.8. The number of amides is 1. The maximum absolute atomic E-state index is 13.2. The van der Waals surface area contributed by atoms with Gasteiger partial charge in [-0.05, 0) is 61.4 Å². The maximum atomic E-state index is 13.2. The molecule has 4 rings (SSSR count). The molecule has 2 heterocycles. The molecule has 8 heteroatoms. The van der Waals surface area contributed by atoms with Crippen LogP contribution in [-0.2, 0) is 17.9 Å². The molecule has 0 unspecified atom stereocenters. The molecule has 164 valence electrons. The molecule has 0 bridgehead atoms. The molecular formula is C24H23ClN4O3. The van der Waals surface area contributed by atoms with Crippen LogP contribution in [0.2, 0.25) is 5.02 Å². The number of hydrogen-bond donors (Lipinski definition) is 1. The summed E-state index contributed by atoms with van der Waals surface area (Å²) in [5, 5.41) is 3.98. The predicted octanol–water partition coefficient (Wildman–Crippen LogP) is 3.78. The van der Waals surface area contributed by atoms with Gasteiger partial charge in [-0.25, -0.2) is 4.98 Å². The van der Waals surface area contributed by atoms with E-state index in [1.807, 2.05) is 54.8 Å². The van der Waals surface area contributed by atoms with Gasteiger partial charge in [-0.3, -0.25) is 18.7 Å². The molecule has 0 fully saturated rings. The zero-order chi connectivity index (χ0) is 22.8. The normalized spacial score (nSPS) is 11.0. The van der Waals surface area contributed by atoms with E-state index in [0.29, 0.717) is 22.6 Å². The number of aromatic nitrogens is 3. The third-order valence-corrected chi connectivity index (χ3v) is 5.78. The quantitative estimate of drug-likeness (QED) is 0.485. The number of benzene rings is 2. The minimum atomic E-state index is -0.268. The number of fused-ring (bicyclic) bond motifs is 1. The number of hydrogen-bond acceptors (Lipinski definition) is 4. The van der Waals surface area contributed by atoms with Crippen LogP contribution < -0.4 is 15.6 Å². The molecular weight excluding hydrogens is 428 g/mol. The average Bonchev–Trinajstić information content (AvgIpc) is 3.06. The number of aryl methyl sites for hydroxylation is 1. The molecule has 2 aromatic heterocycles. The summed E-state index contributed by atoms with van der Waals surface area (Å²) in [6.07, 6.45) is 1.42. The van der Waals surface area contributed by atoms with Crippen LogP contribution in [-0.4, -0.2) is 27.1 Å². The van der Waals surface area contributed by atoms with Crippen molar-refractivity contribution in [3.05, 3.63) is 87.1 Å². The lowest BCUT2D eigenvalue weighted by molar-refractivity contribution is -0.121. The Labute approximate surface area is 190 Å². The van der Waals surface area contributed by atoms with Crippen molar-refractivity contribution in [1.29, 1.82) is 0 Å². The van der Waals surface area contributed by atoms with Crippen LogP contribution >= 0.6 is 11.6 Å². The number of rotatable bonds is 6. The minimum Gasteiger partial charge on any atom is -0.497 e. The van der Waals surface area contributed by atoms with Crippen molar-refractivity contribution in [2.45, 2.75) is 26.9 Å². The third-order valence-electron chi connectivity index (χ3n) is 5.53. The lowest BCUT2D eigenvalue weighted by Gasteiger charge is -2.10. The van der Waals surface area contributed by atoms with E-state index in [4.69, 9.17) is 16.3 Å². The van der Waals surface area contributed by atoms with Crippen LogP contribution in [0, 0.1) is 13.8 Å². The number of carbonyl (C=O) groups is 1. The summed E-state index contributed by atoms with van der Waals surface area (Å²) in [5.41, 5.74) is 3.86. The van der Waals surface area contributed by atoms with E-state index in [1.165, 1.54) is 10.9 Å². The fourth-order valence-electron chi connectivity index (χ4n) is 3.66. The van der Waals surface area contributed by atoms with Crippen LogP contribution in [0.15, 0.2) is 59.7 Å². The summed E-state index contributed by atoms with van der Waals surface area (Å²) < 4.78 is 8.40. The first kappa shape index (κ1) is 21.6. The highest BCUT2D eigenvalue weighted by atomic mass is 35.5. The summed E-state index contributed by atoms with van der Waals surface area (Å²) in [7, 11) is 1.60. The van der Waals surface area contributed by atoms with E-state index in [1.54, 1.807) is 19.2 Å². The van der Waals surface area contributed by atoms with Crippen LogP contribution in [0.4, 0.5) is 0 Å². The van der Waals surface area contributed by atoms with Crippen LogP contribution in [0.25, 0.3) is 16.7 Å². The smallest absolute Gasteiger partial charge is 0.263 e. The second-order valence-electron chi connectivity index (χ2n) is 7.52. The van der Waals surface area contributed by atoms with E-state index in [0.717, 1.165) is 28.3 Å². The van der Waals surface area contributed by atoms with E-state index < -0.39 is 0 Å². The fourth-order valence-corrected chi connectivity index (χ4v) is 3.79. The lowest BCUT2D eigenvalue weighted by Crippen LogP contribution is -2.32. The van der Waals surface area contributed by atoms with Gasteiger partial charge in [0.2, 0.25) is 5.91 Å². The monoisotopic (exact) mass is 450 g/mol. The highest BCUT2D eigenvalue weighted by Crippen LogP contribution is 2.25. The van der Waals surface area contributed by atoms with Gasteiger partial charge in [0.05, 0.1) is 12.5 Å². The Balaban J connectivity index is 1.58. The van der Waals surface area contributed by atoms with E-state index in [9.17, 15) is 9.59 Å². The Kier molecular flexibility index (Phi) is 6.01. The SMILES string of the molecule is COc1ccc(CNC(=O)Cn2cnc3c(c(C)c(C)n3-c3ccc(Cl)cc3)c2=O)cc1. The largest absolute Gasteiger partial charge is 0.497 e. The molecule has 0 aliphatic rings. The molecule has 2 aromatic carbocycles. The molecule has 0 spiro atoms. The molecule has 1 N–H and O–H groups in total. The molecule has 0 saturated carbocycles. The standard InChI is InChI=1S/C24H23ClN4O3/c1-15-16(2)29(19-8-6-18(25)7-9-19)23-22(15)24(31)28(14-27-23)13-21(30)26-12-17-4-10-20(32-3)11-5-17/h4-11,14H,12-13H2,1-3H3,(H,26,30). The van der Waals surface area contributed by atoms with Crippen molar-refractivity contribution in [2.24, 2.45) is 0 Å². The molecule has 1 amide bonds. The molecule has 7 nitrogen and oxygen atoms in total. The first-order chi connectivity index (χ1) is 15.4. The topological polar surface area (TPSA) is 78.2 Å². The zero-order valence-electron chi connectivity index (χ0n) is 18.1. The molecule has 0 aliphatic heterocycles. The van der Waals surface area contributed by atoms with Gasteiger partial charge in [-0.2, -0.15) is 0 Å². The van der Waals surface area contributed by atoms with Gasteiger partial charge in [0.15, 0.2) is 5.65 Å². The summed E-state index contributed by atoms with van der Waals surface area (Å²) >= 11 is 6.01. The van der Waals surface area contributed by atoms with Gasteiger partial charge in [-0.15, -0.1) is 0 Å². The van der Waals surface area contributed by atoms with Gasteiger partial charge in [-0.1, -0.05) is 23.7 Å². The summed E-state index contributed by atoms with van der Waals surface area (Å²) in [6.45, 7) is 4.08. The van der Waals surface area contributed by atoms with Gasteiger partial charge < -0.3 is 10.1 Å². The number of ether oxygens (including phenoxy) is 1. The van der Waals surface area contributed by atoms with Crippen molar-refractivity contribution < 1.29 is 9.53 Å². The van der Waals surface area contributed by atoms with Gasteiger partial charge in [0.25, 0.3) is 5.56 Å². The van der Waals surface area contributed by atoms with Crippen LogP contribution in [0.3, 0.4) is 0 Å². The molecule has 0 atom stereocenters.